The minimum Gasteiger partial charge on any atom is -0.353 e. The summed E-state index contributed by atoms with van der Waals surface area (Å²) in [6.45, 7) is 10.5. The van der Waals surface area contributed by atoms with E-state index in [2.05, 4.69) is 33.8 Å². The van der Waals surface area contributed by atoms with Gasteiger partial charge in [0.25, 0.3) is 0 Å². The van der Waals surface area contributed by atoms with E-state index >= 15 is 0 Å². The number of nitrogens with zero attached hydrogens (tertiary/aromatic N) is 4. The Hall–Kier alpha value is -1.20. The average Bonchev–Trinajstić information content (AvgIpc) is 2.39. The van der Waals surface area contributed by atoms with E-state index in [9.17, 15) is 0 Å². The summed E-state index contributed by atoms with van der Waals surface area (Å²) in [6, 6.07) is 3.98. The predicted molar refractivity (Wildman–Crippen MR) is 73.4 cm³/mol. The van der Waals surface area contributed by atoms with Crippen LogP contribution in [0.25, 0.3) is 0 Å². The van der Waals surface area contributed by atoms with Gasteiger partial charge in [0.05, 0.1) is 5.69 Å². The molecule has 18 heavy (non-hydrogen) atoms. The fraction of sp³-hybridized carbons (Fsp3) is 0.692. The molecule has 0 amide bonds. The quantitative estimate of drug-likeness (QED) is 0.852. The Bertz CT molecular complexity index is 354. The fourth-order valence-electron chi connectivity index (χ4n) is 2.31. The first-order valence-electron chi connectivity index (χ1n) is 6.69. The molecule has 5 heteroatoms. The zero-order chi connectivity index (χ0) is 13.0. The van der Waals surface area contributed by atoms with Crippen molar-refractivity contribution in [2.45, 2.75) is 20.4 Å². The summed E-state index contributed by atoms with van der Waals surface area (Å²) in [5.41, 5.74) is 6.36. The van der Waals surface area contributed by atoms with E-state index in [0.717, 1.165) is 43.6 Å². The predicted octanol–water partition coefficient (Wildman–Crippen LogP) is 0.713. The molecular formula is C13H23N5. The van der Waals surface area contributed by atoms with Gasteiger partial charge in [-0.25, -0.2) is 0 Å². The Morgan fingerprint density at radius 1 is 1.17 bits per heavy atom. The van der Waals surface area contributed by atoms with Crippen LogP contribution in [0.1, 0.15) is 19.5 Å². The van der Waals surface area contributed by atoms with Gasteiger partial charge in [-0.05, 0) is 18.1 Å². The van der Waals surface area contributed by atoms with E-state index in [1.54, 1.807) is 0 Å². The van der Waals surface area contributed by atoms with Crippen molar-refractivity contribution in [3.8, 4) is 0 Å². The highest BCUT2D eigenvalue weighted by Crippen LogP contribution is 2.13. The number of hydrogen-bond acceptors (Lipinski definition) is 5. The van der Waals surface area contributed by atoms with Gasteiger partial charge >= 0.3 is 0 Å². The van der Waals surface area contributed by atoms with Crippen molar-refractivity contribution in [1.82, 2.24) is 15.1 Å². The lowest BCUT2D eigenvalue weighted by molar-refractivity contribution is 0.231. The van der Waals surface area contributed by atoms with Gasteiger partial charge in [-0.15, -0.1) is 5.10 Å². The fourth-order valence-corrected chi connectivity index (χ4v) is 2.31. The molecule has 0 spiro atoms. The molecular weight excluding hydrogens is 226 g/mol. The molecule has 1 fully saturated rings. The zero-order valence-corrected chi connectivity index (χ0v) is 11.3. The van der Waals surface area contributed by atoms with E-state index in [1.165, 1.54) is 6.54 Å². The van der Waals surface area contributed by atoms with Crippen LogP contribution in [0, 0.1) is 5.92 Å². The van der Waals surface area contributed by atoms with Crippen molar-refractivity contribution in [2.75, 3.05) is 37.6 Å². The van der Waals surface area contributed by atoms with Gasteiger partial charge in [0.1, 0.15) is 0 Å². The Kier molecular flexibility index (Phi) is 4.49. The van der Waals surface area contributed by atoms with Crippen LogP contribution in [-0.2, 0) is 6.54 Å². The summed E-state index contributed by atoms with van der Waals surface area (Å²) in [7, 11) is 0. The number of aromatic nitrogens is 2. The highest BCUT2D eigenvalue weighted by Gasteiger charge is 2.18. The molecule has 0 atom stereocenters. The summed E-state index contributed by atoms with van der Waals surface area (Å²) < 4.78 is 0. The van der Waals surface area contributed by atoms with Crippen LogP contribution in [0.3, 0.4) is 0 Å². The normalized spacial score (nSPS) is 17.4. The molecule has 100 valence electrons. The van der Waals surface area contributed by atoms with Crippen molar-refractivity contribution in [1.29, 1.82) is 0 Å². The molecule has 1 aromatic rings. The van der Waals surface area contributed by atoms with E-state index < -0.39 is 0 Å². The van der Waals surface area contributed by atoms with Gasteiger partial charge < -0.3 is 10.6 Å². The molecule has 0 bridgehead atoms. The van der Waals surface area contributed by atoms with Gasteiger partial charge in [-0.3, -0.25) is 4.90 Å². The molecule has 0 radical (unpaired) electrons. The van der Waals surface area contributed by atoms with Crippen LogP contribution in [0.15, 0.2) is 12.1 Å². The van der Waals surface area contributed by atoms with Gasteiger partial charge in [-0.2, -0.15) is 5.10 Å². The molecule has 0 unspecified atom stereocenters. The van der Waals surface area contributed by atoms with Crippen LogP contribution in [0.2, 0.25) is 0 Å². The standard InChI is InChI=1S/C13H23N5/c1-11(2)10-17-5-7-18(8-6-17)13-4-3-12(9-14)15-16-13/h3-4,11H,5-10,14H2,1-2H3. The highest BCUT2D eigenvalue weighted by atomic mass is 15.3. The van der Waals surface area contributed by atoms with E-state index in [-0.39, 0.29) is 0 Å². The first-order chi connectivity index (χ1) is 8.69. The van der Waals surface area contributed by atoms with Crippen molar-refractivity contribution in [3.05, 3.63) is 17.8 Å². The molecule has 2 rings (SSSR count). The monoisotopic (exact) mass is 249 g/mol. The molecule has 1 aliphatic rings. The van der Waals surface area contributed by atoms with Gasteiger partial charge in [0.2, 0.25) is 0 Å². The zero-order valence-electron chi connectivity index (χ0n) is 11.3. The molecule has 1 aromatic heterocycles. The second-order valence-corrected chi connectivity index (χ2v) is 5.27. The van der Waals surface area contributed by atoms with Crippen LogP contribution in [-0.4, -0.2) is 47.8 Å². The lowest BCUT2D eigenvalue weighted by Gasteiger charge is -2.35. The molecule has 0 aliphatic carbocycles. The van der Waals surface area contributed by atoms with Gasteiger partial charge in [0, 0.05) is 39.3 Å². The summed E-state index contributed by atoms with van der Waals surface area (Å²) in [5.74, 6) is 1.71. The van der Waals surface area contributed by atoms with Gasteiger partial charge in [0.15, 0.2) is 5.82 Å². The first kappa shape index (κ1) is 13.2. The third-order valence-corrected chi connectivity index (χ3v) is 3.23. The summed E-state index contributed by atoms with van der Waals surface area (Å²) in [6.07, 6.45) is 0. The number of piperazine rings is 1. The maximum absolute atomic E-state index is 5.52. The van der Waals surface area contributed by atoms with Crippen LogP contribution >= 0.6 is 0 Å². The molecule has 2 heterocycles. The Morgan fingerprint density at radius 2 is 1.89 bits per heavy atom. The van der Waals surface area contributed by atoms with Crippen LogP contribution in [0.4, 0.5) is 5.82 Å². The number of rotatable bonds is 4. The third kappa shape index (κ3) is 3.40. The molecule has 1 saturated heterocycles. The average molecular weight is 249 g/mol. The molecule has 0 aromatic carbocycles. The molecule has 1 aliphatic heterocycles. The van der Waals surface area contributed by atoms with E-state index in [1.807, 2.05) is 12.1 Å². The van der Waals surface area contributed by atoms with E-state index in [4.69, 9.17) is 5.73 Å². The largest absolute Gasteiger partial charge is 0.353 e. The summed E-state index contributed by atoms with van der Waals surface area (Å²) in [5, 5.41) is 8.35. The van der Waals surface area contributed by atoms with Crippen LogP contribution < -0.4 is 10.6 Å². The SMILES string of the molecule is CC(C)CN1CCN(c2ccc(CN)nn2)CC1. The maximum atomic E-state index is 5.52. The third-order valence-electron chi connectivity index (χ3n) is 3.23. The molecule has 0 saturated carbocycles. The second kappa shape index (κ2) is 6.11. The summed E-state index contributed by atoms with van der Waals surface area (Å²) >= 11 is 0. The smallest absolute Gasteiger partial charge is 0.151 e. The second-order valence-electron chi connectivity index (χ2n) is 5.27. The van der Waals surface area contributed by atoms with Crippen molar-refractivity contribution in [2.24, 2.45) is 11.7 Å². The minimum absolute atomic E-state index is 0.454. The Morgan fingerprint density at radius 3 is 2.39 bits per heavy atom. The Labute approximate surface area is 109 Å². The highest BCUT2D eigenvalue weighted by molar-refractivity contribution is 5.37. The lowest BCUT2D eigenvalue weighted by Crippen LogP contribution is -2.47. The summed E-state index contributed by atoms with van der Waals surface area (Å²) in [4.78, 5) is 4.81. The van der Waals surface area contributed by atoms with Crippen molar-refractivity contribution >= 4 is 5.82 Å². The van der Waals surface area contributed by atoms with Crippen molar-refractivity contribution in [3.63, 3.8) is 0 Å². The van der Waals surface area contributed by atoms with Crippen LogP contribution in [0.5, 0.6) is 0 Å². The lowest BCUT2D eigenvalue weighted by atomic mass is 10.2. The topological polar surface area (TPSA) is 58.3 Å². The number of nitrogens with two attached hydrogens (primary N) is 1. The minimum atomic E-state index is 0.454. The van der Waals surface area contributed by atoms with Crippen molar-refractivity contribution < 1.29 is 0 Å². The maximum Gasteiger partial charge on any atom is 0.151 e. The molecule has 5 nitrogen and oxygen atoms in total. The molecule has 2 N–H and O–H groups in total. The van der Waals surface area contributed by atoms with Gasteiger partial charge in [-0.1, -0.05) is 13.8 Å². The number of anilines is 1. The van der Waals surface area contributed by atoms with E-state index in [0.29, 0.717) is 6.54 Å². The first-order valence-corrected chi connectivity index (χ1v) is 6.69. The number of hydrogen-bond donors (Lipinski definition) is 1. The Balaban J connectivity index is 1.88.